The second-order valence-electron chi connectivity index (χ2n) is 8.21. The summed E-state index contributed by atoms with van der Waals surface area (Å²) in [7, 11) is 2.22. The molecule has 3 heterocycles. The number of hydrogen-bond donors (Lipinski definition) is 1. The molecular weight excluding hydrogens is 404 g/mol. The molecule has 2 aliphatic rings. The first-order valence-electron chi connectivity index (χ1n) is 10.9. The van der Waals surface area contributed by atoms with E-state index >= 15 is 0 Å². The van der Waals surface area contributed by atoms with E-state index in [-0.39, 0.29) is 0 Å². The van der Waals surface area contributed by atoms with Crippen LogP contribution in [-0.2, 0) is 0 Å². The van der Waals surface area contributed by atoms with Crippen molar-refractivity contribution in [3.8, 4) is 5.75 Å². The molecule has 5 rings (SSSR count). The molecule has 3 aromatic rings. The van der Waals surface area contributed by atoms with Crippen molar-refractivity contribution < 1.29 is 4.74 Å². The maximum absolute atomic E-state index is 5.98. The van der Waals surface area contributed by atoms with Crippen LogP contribution in [0.15, 0.2) is 65.7 Å². The monoisotopic (exact) mass is 432 g/mol. The molecule has 0 aliphatic carbocycles. The van der Waals surface area contributed by atoms with Crippen molar-refractivity contribution in [3.63, 3.8) is 0 Å². The predicted molar refractivity (Wildman–Crippen MR) is 130 cm³/mol. The summed E-state index contributed by atoms with van der Waals surface area (Å²) in [5, 5.41) is 4.80. The fourth-order valence-corrected chi connectivity index (χ4v) is 5.19. The van der Waals surface area contributed by atoms with E-state index in [9.17, 15) is 0 Å². The molecule has 0 unspecified atom stereocenters. The lowest BCUT2D eigenvalue weighted by Gasteiger charge is -2.40. The standard InChI is InChI=1S/C25H28N4OS/c1-18-16-21-24(26-22-10-6-7-11-23(22)27-25(21)31-18)29-14-13-28(2)19(17-29)12-15-30-20-8-4-3-5-9-20/h3-11,16,19,27H,12-15,17H2,1-2H3/t19-/m0/s1. The Morgan fingerprint density at radius 3 is 2.77 bits per heavy atom. The normalized spacial score (nSPS) is 18.5. The van der Waals surface area contributed by atoms with Crippen molar-refractivity contribution in [2.24, 2.45) is 4.99 Å². The number of thiophene rings is 1. The molecule has 2 aliphatic heterocycles. The van der Waals surface area contributed by atoms with Crippen LogP contribution < -0.4 is 10.1 Å². The number of ether oxygens (including phenoxy) is 1. The summed E-state index contributed by atoms with van der Waals surface area (Å²) in [6.07, 6.45) is 0.986. The summed E-state index contributed by atoms with van der Waals surface area (Å²) in [5.74, 6) is 2.02. The van der Waals surface area contributed by atoms with Crippen molar-refractivity contribution in [3.05, 3.63) is 71.1 Å². The summed E-state index contributed by atoms with van der Waals surface area (Å²) in [5.41, 5.74) is 3.28. The maximum Gasteiger partial charge on any atom is 0.139 e. The van der Waals surface area contributed by atoms with Gasteiger partial charge in [0.05, 0.1) is 23.5 Å². The first-order valence-corrected chi connectivity index (χ1v) is 11.7. The Hall–Kier alpha value is -2.83. The molecule has 160 valence electrons. The number of benzene rings is 2. The lowest BCUT2D eigenvalue weighted by molar-refractivity contribution is 0.119. The van der Waals surface area contributed by atoms with Crippen LogP contribution in [0.25, 0.3) is 0 Å². The lowest BCUT2D eigenvalue weighted by Crippen LogP contribution is -2.53. The van der Waals surface area contributed by atoms with Gasteiger partial charge in [-0.15, -0.1) is 11.3 Å². The number of para-hydroxylation sites is 3. The number of aryl methyl sites for hydroxylation is 1. The summed E-state index contributed by atoms with van der Waals surface area (Å²) in [4.78, 5) is 11.4. The van der Waals surface area contributed by atoms with E-state index in [2.05, 4.69) is 59.4 Å². The minimum atomic E-state index is 0.426. The minimum absolute atomic E-state index is 0.426. The summed E-state index contributed by atoms with van der Waals surface area (Å²) in [6, 6.07) is 21.1. The summed E-state index contributed by atoms with van der Waals surface area (Å²) < 4.78 is 5.98. The second kappa shape index (κ2) is 8.73. The van der Waals surface area contributed by atoms with Gasteiger partial charge in [0.25, 0.3) is 0 Å². The fraction of sp³-hybridized carbons (Fsp3) is 0.320. The topological polar surface area (TPSA) is 40.1 Å². The summed E-state index contributed by atoms with van der Waals surface area (Å²) in [6.45, 7) is 5.82. The highest BCUT2D eigenvalue weighted by Gasteiger charge is 2.30. The molecular formula is C25H28N4OS. The maximum atomic E-state index is 5.98. The molecule has 1 fully saturated rings. The minimum Gasteiger partial charge on any atom is -0.494 e. The van der Waals surface area contributed by atoms with E-state index in [1.54, 1.807) is 11.3 Å². The summed E-state index contributed by atoms with van der Waals surface area (Å²) >= 11 is 1.80. The SMILES string of the molecule is Cc1cc2c(s1)Nc1ccccc1N=C2N1CCN(C)[C@@H](CCOc2ccccc2)C1. The average Bonchev–Trinajstić information content (AvgIpc) is 3.07. The molecule has 0 spiro atoms. The van der Waals surface area contributed by atoms with Gasteiger partial charge in [0, 0.05) is 30.6 Å². The molecule has 6 heteroatoms. The average molecular weight is 433 g/mol. The van der Waals surface area contributed by atoms with Crippen LogP contribution in [0.5, 0.6) is 5.75 Å². The quantitative estimate of drug-likeness (QED) is 0.609. The Balaban J connectivity index is 1.36. The molecule has 1 saturated heterocycles. The number of aliphatic imine (C=N–C) groups is 1. The number of nitrogens with zero attached hydrogens (tertiary/aromatic N) is 3. The predicted octanol–water partition coefficient (Wildman–Crippen LogP) is 5.28. The van der Waals surface area contributed by atoms with Crippen LogP contribution in [-0.4, -0.2) is 55.0 Å². The van der Waals surface area contributed by atoms with Crippen LogP contribution >= 0.6 is 11.3 Å². The van der Waals surface area contributed by atoms with E-state index in [1.165, 1.54) is 15.4 Å². The number of hydrogen-bond acceptors (Lipinski definition) is 6. The third kappa shape index (κ3) is 4.31. The van der Waals surface area contributed by atoms with Crippen molar-refractivity contribution in [2.45, 2.75) is 19.4 Å². The smallest absolute Gasteiger partial charge is 0.139 e. The van der Waals surface area contributed by atoms with Crippen LogP contribution in [0, 0.1) is 6.92 Å². The Bertz CT molecular complexity index is 1080. The highest BCUT2D eigenvalue weighted by atomic mass is 32.1. The van der Waals surface area contributed by atoms with E-state index in [0.717, 1.165) is 49.0 Å². The van der Waals surface area contributed by atoms with Crippen molar-refractivity contribution >= 4 is 33.5 Å². The second-order valence-corrected chi connectivity index (χ2v) is 9.46. The van der Waals surface area contributed by atoms with E-state index < -0.39 is 0 Å². The van der Waals surface area contributed by atoms with Crippen molar-refractivity contribution in [1.82, 2.24) is 9.80 Å². The van der Waals surface area contributed by atoms with Gasteiger partial charge in [-0.2, -0.15) is 0 Å². The Kier molecular flexibility index (Phi) is 5.66. The highest BCUT2D eigenvalue weighted by molar-refractivity contribution is 7.16. The molecule has 0 saturated carbocycles. The number of nitrogens with one attached hydrogen (secondary N) is 1. The molecule has 31 heavy (non-hydrogen) atoms. The zero-order valence-corrected chi connectivity index (χ0v) is 18.9. The number of amidine groups is 1. The van der Waals surface area contributed by atoms with Crippen LogP contribution in [0.2, 0.25) is 0 Å². The zero-order chi connectivity index (χ0) is 21.2. The Morgan fingerprint density at radius 1 is 1.10 bits per heavy atom. The number of rotatable bonds is 4. The van der Waals surface area contributed by atoms with Crippen molar-refractivity contribution in [1.29, 1.82) is 0 Å². The van der Waals surface area contributed by atoms with Gasteiger partial charge in [-0.1, -0.05) is 30.3 Å². The number of piperazine rings is 1. The molecule has 0 bridgehead atoms. The Labute approximate surface area is 188 Å². The van der Waals surface area contributed by atoms with Gasteiger partial charge in [0.2, 0.25) is 0 Å². The molecule has 5 nitrogen and oxygen atoms in total. The van der Waals surface area contributed by atoms with Crippen LogP contribution in [0.3, 0.4) is 0 Å². The van der Waals surface area contributed by atoms with Crippen LogP contribution in [0.4, 0.5) is 16.4 Å². The van der Waals surface area contributed by atoms with Crippen LogP contribution in [0.1, 0.15) is 16.9 Å². The third-order valence-electron chi connectivity index (χ3n) is 6.01. The number of fused-ring (bicyclic) bond motifs is 2. The molecule has 2 aromatic carbocycles. The fourth-order valence-electron chi connectivity index (χ4n) is 4.27. The van der Waals surface area contributed by atoms with E-state index in [0.29, 0.717) is 12.6 Å². The highest BCUT2D eigenvalue weighted by Crippen LogP contribution is 2.39. The number of anilines is 2. The van der Waals surface area contributed by atoms with Gasteiger partial charge >= 0.3 is 0 Å². The van der Waals surface area contributed by atoms with E-state index in [1.807, 2.05) is 30.3 Å². The first-order chi connectivity index (χ1) is 15.2. The zero-order valence-electron chi connectivity index (χ0n) is 18.0. The molecule has 0 amide bonds. The van der Waals surface area contributed by atoms with Gasteiger partial charge in [-0.3, -0.25) is 4.90 Å². The van der Waals surface area contributed by atoms with Gasteiger partial charge in [-0.25, -0.2) is 4.99 Å². The molecule has 1 N–H and O–H groups in total. The van der Waals surface area contributed by atoms with Crippen molar-refractivity contribution in [2.75, 3.05) is 38.6 Å². The number of likely N-dealkylation sites (N-methyl/N-ethyl adjacent to an activating group) is 1. The largest absolute Gasteiger partial charge is 0.494 e. The third-order valence-corrected chi connectivity index (χ3v) is 6.98. The molecule has 0 radical (unpaired) electrons. The van der Waals surface area contributed by atoms with Gasteiger partial charge in [-0.05, 0) is 50.7 Å². The first kappa shape index (κ1) is 20.1. The van der Waals surface area contributed by atoms with E-state index in [4.69, 9.17) is 9.73 Å². The van der Waals surface area contributed by atoms with Gasteiger partial charge in [0.15, 0.2) is 0 Å². The Morgan fingerprint density at radius 2 is 1.90 bits per heavy atom. The molecule has 1 atom stereocenters. The van der Waals surface area contributed by atoms with Gasteiger partial charge in [0.1, 0.15) is 16.6 Å². The van der Waals surface area contributed by atoms with Gasteiger partial charge < -0.3 is 15.0 Å². The molecule has 1 aromatic heterocycles. The lowest BCUT2D eigenvalue weighted by atomic mass is 10.1.